The maximum atomic E-state index is 13.2. The number of H-pyrrole nitrogens is 1. The largest absolute Gasteiger partial charge is 0.493 e. The van der Waals surface area contributed by atoms with Crippen molar-refractivity contribution in [2.45, 2.75) is 51.3 Å². The monoisotopic (exact) mass is 476 g/mol. The molecule has 1 aromatic carbocycles. The predicted molar refractivity (Wildman–Crippen MR) is 127 cm³/mol. The zero-order valence-corrected chi connectivity index (χ0v) is 20.2. The summed E-state index contributed by atoms with van der Waals surface area (Å²) in [5.74, 6) is 0.823. The standard InChI is InChI=1S/C23H32N4O5S/c1-4-7-19(24)21-15(3)23(29)26-22(25-21)18-12-17(9-10-20(18)32-5-2)33(30,31)27-13-16(14-27)8-6-11-28/h9-10,12,16,24,28H,4-8,11,13-14H2,1-3H3,(H,25,26,29). The van der Waals surface area contributed by atoms with Crippen LogP contribution >= 0.6 is 0 Å². The molecule has 0 spiro atoms. The van der Waals surface area contributed by atoms with Crippen LogP contribution in [0, 0.1) is 18.3 Å². The van der Waals surface area contributed by atoms with Gasteiger partial charge in [-0.05, 0) is 57.2 Å². The Labute approximate surface area is 194 Å². The van der Waals surface area contributed by atoms with Gasteiger partial charge in [0.05, 0.1) is 28.5 Å². The summed E-state index contributed by atoms with van der Waals surface area (Å²) in [5, 5.41) is 17.3. The van der Waals surface area contributed by atoms with Gasteiger partial charge in [-0.25, -0.2) is 13.4 Å². The Morgan fingerprint density at radius 2 is 2.06 bits per heavy atom. The molecule has 3 rings (SSSR count). The number of aliphatic hydroxyl groups is 1. The smallest absolute Gasteiger partial charge is 0.254 e. The van der Waals surface area contributed by atoms with Gasteiger partial charge in [0.1, 0.15) is 11.6 Å². The maximum Gasteiger partial charge on any atom is 0.254 e. The van der Waals surface area contributed by atoms with Crippen LogP contribution in [0.5, 0.6) is 5.75 Å². The highest BCUT2D eigenvalue weighted by Gasteiger charge is 2.36. The van der Waals surface area contributed by atoms with Crippen molar-refractivity contribution in [2.75, 3.05) is 26.3 Å². The third-order valence-electron chi connectivity index (χ3n) is 5.78. The van der Waals surface area contributed by atoms with E-state index in [1.165, 1.54) is 16.4 Å². The summed E-state index contributed by atoms with van der Waals surface area (Å²) in [6.07, 6.45) is 2.68. The molecule has 33 heavy (non-hydrogen) atoms. The highest BCUT2D eigenvalue weighted by Crippen LogP contribution is 2.34. The van der Waals surface area contributed by atoms with Crippen molar-refractivity contribution in [3.05, 3.63) is 39.8 Å². The van der Waals surface area contributed by atoms with Crippen molar-refractivity contribution in [3.8, 4) is 17.1 Å². The van der Waals surface area contributed by atoms with E-state index in [0.717, 1.165) is 12.8 Å². The van der Waals surface area contributed by atoms with Crippen molar-refractivity contribution in [3.63, 3.8) is 0 Å². The first-order valence-electron chi connectivity index (χ1n) is 11.3. The second-order valence-corrected chi connectivity index (χ2v) is 10.2. The molecule has 0 radical (unpaired) electrons. The van der Waals surface area contributed by atoms with E-state index in [2.05, 4.69) is 9.97 Å². The number of sulfonamides is 1. The third kappa shape index (κ3) is 5.34. The van der Waals surface area contributed by atoms with E-state index in [-0.39, 0.29) is 34.5 Å². The Hall–Kier alpha value is -2.56. The second kappa shape index (κ2) is 10.6. The summed E-state index contributed by atoms with van der Waals surface area (Å²) in [5.41, 5.74) is 0.909. The summed E-state index contributed by atoms with van der Waals surface area (Å²) in [6, 6.07) is 4.55. The predicted octanol–water partition coefficient (Wildman–Crippen LogP) is 2.70. The Kier molecular flexibility index (Phi) is 8.04. The third-order valence-corrected chi connectivity index (χ3v) is 7.60. The molecule has 9 nitrogen and oxygen atoms in total. The Balaban J connectivity index is 2.02. The van der Waals surface area contributed by atoms with Gasteiger partial charge in [0.25, 0.3) is 5.56 Å². The molecule has 3 N–H and O–H groups in total. The van der Waals surface area contributed by atoms with Crippen LogP contribution in [0.15, 0.2) is 27.9 Å². The SMILES string of the molecule is CCCC(=N)c1nc(-c2cc(S(=O)(=O)N3CC(CCCO)C3)ccc2OCC)[nH]c(=O)c1C. The lowest BCUT2D eigenvalue weighted by Gasteiger charge is -2.38. The summed E-state index contributed by atoms with van der Waals surface area (Å²) in [6.45, 7) is 6.68. The Morgan fingerprint density at radius 1 is 1.33 bits per heavy atom. The molecule has 2 aromatic rings. The van der Waals surface area contributed by atoms with E-state index >= 15 is 0 Å². The van der Waals surface area contributed by atoms with Crippen LogP contribution in [0.4, 0.5) is 0 Å². The van der Waals surface area contributed by atoms with Crippen molar-refractivity contribution in [1.82, 2.24) is 14.3 Å². The first-order valence-corrected chi connectivity index (χ1v) is 12.7. The highest BCUT2D eigenvalue weighted by atomic mass is 32.2. The van der Waals surface area contributed by atoms with Crippen molar-refractivity contribution < 1.29 is 18.3 Å². The van der Waals surface area contributed by atoms with Gasteiger partial charge in [0.15, 0.2) is 0 Å². The number of benzene rings is 1. The molecule has 0 unspecified atom stereocenters. The fourth-order valence-electron chi connectivity index (χ4n) is 3.89. The maximum absolute atomic E-state index is 13.2. The fraction of sp³-hybridized carbons (Fsp3) is 0.522. The van der Waals surface area contributed by atoms with E-state index in [1.54, 1.807) is 13.0 Å². The van der Waals surface area contributed by atoms with Gasteiger partial charge in [-0.1, -0.05) is 13.3 Å². The molecule has 1 aromatic heterocycles. The van der Waals surface area contributed by atoms with Gasteiger partial charge in [-0.15, -0.1) is 0 Å². The normalized spacial score (nSPS) is 14.8. The number of ether oxygens (including phenoxy) is 1. The van der Waals surface area contributed by atoms with Crippen LogP contribution in [0.25, 0.3) is 11.4 Å². The molecule has 1 aliphatic rings. The summed E-state index contributed by atoms with van der Waals surface area (Å²) in [4.78, 5) is 19.9. The Morgan fingerprint density at radius 3 is 2.70 bits per heavy atom. The first-order chi connectivity index (χ1) is 15.7. The molecular weight excluding hydrogens is 444 g/mol. The zero-order chi connectivity index (χ0) is 24.2. The summed E-state index contributed by atoms with van der Waals surface area (Å²) >= 11 is 0. The molecule has 1 fully saturated rings. The molecule has 0 saturated carbocycles. The first kappa shape index (κ1) is 25.1. The van der Waals surface area contributed by atoms with Crippen LogP contribution in [-0.2, 0) is 10.0 Å². The number of hydrogen-bond acceptors (Lipinski definition) is 7. The van der Waals surface area contributed by atoms with Gasteiger partial charge < -0.3 is 20.2 Å². The van der Waals surface area contributed by atoms with Crippen LogP contribution < -0.4 is 10.3 Å². The minimum absolute atomic E-state index is 0.0926. The lowest BCUT2D eigenvalue weighted by Crippen LogP contribution is -2.49. The molecule has 0 bridgehead atoms. The van der Waals surface area contributed by atoms with Gasteiger partial charge in [-0.2, -0.15) is 4.31 Å². The minimum atomic E-state index is -3.72. The van der Waals surface area contributed by atoms with Gasteiger partial charge >= 0.3 is 0 Å². The van der Waals surface area contributed by atoms with Crippen LogP contribution in [0.3, 0.4) is 0 Å². The van der Waals surface area contributed by atoms with E-state index in [0.29, 0.717) is 55.1 Å². The number of aromatic amines is 1. The molecule has 10 heteroatoms. The molecular formula is C23H32N4O5S. The number of aliphatic hydroxyl groups excluding tert-OH is 1. The van der Waals surface area contributed by atoms with Crippen molar-refractivity contribution in [1.29, 1.82) is 5.41 Å². The van der Waals surface area contributed by atoms with Gasteiger partial charge in [-0.3, -0.25) is 4.79 Å². The fourth-order valence-corrected chi connectivity index (χ4v) is 5.51. The molecule has 1 saturated heterocycles. The molecule has 0 amide bonds. The van der Waals surface area contributed by atoms with Crippen molar-refractivity contribution in [2.24, 2.45) is 5.92 Å². The van der Waals surface area contributed by atoms with Crippen LogP contribution in [0.2, 0.25) is 0 Å². The summed E-state index contributed by atoms with van der Waals surface area (Å²) in [7, 11) is -3.72. The molecule has 1 aliphatic heterocycles. The minimum Gasteiger partial charge on any atom is -0.493 e. The second-order valence-electron chi connectivity index (χ2n) is 8.26. The number of nitrogens with zero attached hydrogens (tertiary/aromatic N) is 2. The lowest BCUT2D eigenvalue weighted by molar-refractivity contribution is 0.173. The van der Waals surface area contributed by atoms with E-state index in [9.17, 15) is 13.2 Å². The Bertz CT molecular complexity index is 1170. The highest BCUT2D eigenvalue weighted by molar-refractivity contribution is 7.89. The van der Waals surface area contributed by atoms with Crippen molar-refractivity contribution >= 4 is 15.7 Å². The zero-order valence-electron chi connectivity index (χ0n) is 19.3. The number of rotatable bonds is 11. The molecule has 0 aliphatic carbocycles. The lowest BCUT2D eigenvalue weighted by atomic mass is 9.98. The van der Waals surface area contributed by atoms with Gasteiger partial charge in [0.2, 0.25) is 10.0 Å². The quantitative estimate of drug-likeness (QED) is 0.427. The molecule has 180 valence electrons. The average Bonchev–Trinajstić information content (AvgIpc) is 2.75. The summed E-state index contributed by atoms with van der Waals surface area (Å²) < 4.78 is 33.5. The molecule has 0 atom stereocenters. The van der Waals surface area contributed by atoms with E-state index < -0.39 is 10.0 Å². The van der Waals surface area contributed by atoms with Gasteiger partial charge in [0, 0.05) is 25.3 Å². The average molecular weight is 477 g/mol. The van der Waals surface area contributed by atoms with E-state index in [4.69, 9.17) is 15.3 Å². The number of aromatic nitrogens is 2. The van der Waals surface area contributed by atoms with Crippen LogP contribution in [-0.4, -0.2) is 59.8 Å². The molecule has 2 heterocycles. The topological polar surface area (TPSA) is 136 Å². The van der Waals surface area contributed by atoms with E-state index in [1.807, 2.05) is 13.8 Å². The number of nitrogens with one attached hydrogen (secondary N) is 2. The van der Waals surface area contributed by atoms with Crippen LogP contribution in [0.1, 0.15) is 50.8 Å². The number of hydrogen-bond donors (Lipinski definition) is 3.